The number of urea groups is 1. The molecule has 3 N–H and O–H groups in total. The van der Waals surface area contributed by atoms with Gasteiger partial charge in [0.25, 0.3) is 5.89 Å². The number of hydrogen-bond acceptors (Lipinski definition) is 7. The number of carbonyl (C=O) groups excluding carboxylic acids is 2. The van der Waals surface area contributed by atoms with Crippen molar-refractivity contribution in [2.45, 2.75) is 13.2 Å². The van der Waals surface area contributed by atoms with E-state index in [1.807, 2.05) is 18.2 Å². The lowest BCUT2D eigenvalue weighted by atomic mass is 10.1. The maximum Gasteiger partial charge on any atom is 0.338 e. The van der Waals surface area contributed by atoms with Crippen LogP contribution in [0.25, 0.3) is 11.4 Å². The summed E-state index contributed by atoms with van der Waals surface area (Å²) in [5.74, 6) is 0.685. The van der Waals surface area contributed by atoms with Gasteiger partial charge in [-0.1, -0.05) is 29.4 Å². The number of methoxy groups -OCH3 is 1. The Bertz CT molecular complexity index is 968. The molecule has 9 heteroatoms. The molecule has 2 amide bonds. The van der Waals surface area contributed by atoms with Crippen molar-refractivity contribution >= 4 is 12.0 Å². The minimum Gasteiger partial charge on any atom is -0.497 e. The number of primary amides is 1. The fourth-order valence-corrected chi connectivity index (χ4v) is 2.35. The second-order valence-electron chi connectivity index (χ2n) is 5.73. The average molecular weight is 382 g/mol. The van der Waals surface area contributed by atoms with Crippen molar-refractivity contribution in [3.05, 3.63) is 65.5 Å². The molecule has 0 fully saturated rings. The third-order valence-corrected chi connectivity index (χ3v) is 3.78. The molecule has 1 aromatic heterocycles. The summed E-state index contributed by atoms with van der Waals surface area (Å²) in [5, 5.41) is 6.35. The number of nitrogens with one attached hydrogen (secondary N) is 1. The second kappa shape index (κ2) is 8.67. The van der Waals surface area contributed by atoms with E-state index >= 15 is 0 Å². The molecule has 1 heterocycles. The summed E-state index contributed by atoms with van der Waals surface area (Å²) in [6.07, 6.45) is 0. The van der Waals surface area contributed by atoms with Crippen molar-refractivity contribution in [2.24, 2.45) is 5.73 Å². The quantitative estimate of drug-likeness (QED) is 0.600. The molecule has 0 spiro atoms. The van der Waals surface area contributed by atoms with Crippen LogP contribution < -0.4 is 15.8 Å². The summed E-state index contributed by atoms with van der Waals surface area (Å²) < 4.78 is 15.5. The van der Waals surface area contributed by atoms with Gasteiger partial charge in [-0.25, -0.2) is 9.59 Å². The summed E-state index contributed by atoms with van der Waals surface area (Å²) in [5.41, 5.74) is 6.90. The van der Waals surface area contributed by atoms with Crippen LogP contribution >= 0.6 is 0 Å². The van der Waals surface area contributed by atoms with Crippen molar-refractivity contribution in [3.8, 4) is 17.1 Å². The Morgan fingerprint density at radius 1 is 1.18 bits per heavy atom. The molecule has 3 rings (SSSR count). The number of rotatable bonds is 7. The molecule has 0 saturated heterocycles. The number of nitrogens with two attached hydrogens (primary N) is 1. The van der Waals surface area contributed by atoms with E-state index in [1.54, 1.807) is 37.4 Å². The van der Waals surface area contributed by atoms with Gasteiger partial charge in [0.05, 0.1) is 12.7 Å². The fraction of sp³-hybridized carbons (Fsp3) is 0.158. The molecule has 0 saturated carbocycles. The number of carbonyl (C=O) groups is 2. The third kappa shape index (κ3) is 4.85. The Morgan fingerprint density at radius 3 is 2.68 bits per heavy atom. The van der Waals surface area contributed by atoms with Crippen molar-refractivity contribution in [2.75, 3.05) is 7.11 Å². The summed E-state index contributed by atoms with van der Waals surface area (Å²) >= 11 is 0. The molecule has 144 valence electrons. The molecule has 9 nitrogen and oxygen atoms in total. The number of amides is 2. The van der Waals surface area contributed by atoms with Crippen LogP contribution in [-0.2, 0) is 17.9 Å². The van der Waals surface area contributed by atoms with E-state index in [9.17, 15) is 9.59 Å². The van der Waals surface area contributed by atoms with Crippen molar-refractivity contribution in [1.82, 2.24) is 15.5 Å². The molecule has 0 aliphatic carbocycles. The highest BCUT2D eigenvalue weighted by atomic mass is 16.6. The van der Waals surface area contributed by atoms with Crippen LogP contribution in [0, 0.1) is 0 Å². The predicted molar refractivity (Wildman–Crippen MR) is 98.3 cm³/mol. The van der Waals surface area contributed by atoms with Crippen molar-refractivity contribution < 1.29 is 23.6 Å². The van der Waals surface area contributed by atoms with Crippen LogP contribution in [0.5, 0.6) is 5.75 Å². The molecule has 0 aliphatic rings. The first-order valence-corrected chi connectivity index (χ1v) is 8.31. The standard InChI is InChI=1S/C19H18N4O5/c1-26-15-4-2-3-14(9-15)17-22-16(28-23-17)11-27-18(24)13-7-5-12(6-8-13)10-21-19(20)25/h2-9H,10-11H2,1H3,(H3,20,21,25). The zero-order valence-electron chi connectivity index (χ0n) is 15.0. The third-order valence-electron chi connectivity index (χ3n) is 3.78. The summed E-state index contributed by atoms with van der Waals surface area (Å²) in [6, 6.07) is 13.2. The molecular formula is C19H18N4O5. The van der Waals surface area contributed by atoms with Gasteiger partial charge in [-0.05, 0) is 29.8 Å². The van der Waals surface area contributed by atoms with Crippen LogP contribution in [0.1, 0.15) is 21.8 Å². The van der Waals surface area contributed by atoms with E-state index in [0.717, 1.165) is 11.1 Å². The molecule has 0 atom stereocenters. The number of ether oxygens (including phenoxy) is 2. The van der Waals surface area contributed by atoms with E-state index in [4.69, 9.17) is 19.7 Å². The van der Waals surface area contributed by atoms with Crippen LogP contribution in [0.15, 0.2) is 53.1 Å². The average Bonchev–Trinajstić information content (AvgIpc) is 3.20. The summed E-state index contributed by atoms with van der Waals surface area (Å²) in [6.45, 7) is 0.125. The van der Waals surface area contributed by atoms with Gasteiger partial charge >= 0.3 is 12.0 Å². The fourth-order valence-electron chi connectivity index (χ4n) is 2.35. The SMILES string of the molecule is COc1cccc(-c2noc(COC(=O)c3ccc(CNC(N)=O)cc3)n2)c1. The zero-order chi connectivity index (χ0) is 19.9. The molecule has 0 aliphatic heterocycles. The van der Waals surface area contributed by atoms with E-state index < -0.39 is 12.0 Å². The highest BCUT2D eigenvalue weighted by Gasteiger charge is 2.13. The van der Waals surface area contributed by atoms with Gasteiger partial charge in [-0.2, -0.15) is 4.98 Å². The number of benzene rings is 2. The Balaban J connectivity index is 1.57. The Hall–Kier alpha value is -3.88. The van der Waals surface area contributed by atoms with Gasteiger partial charge in [0.1, 0.15) is 5.75 Å². The van der Waals surface area contributed by atoms with Crippen molar-refractivity contribution in [1.29, 1.82) is 0 Å². The lowest BCUT2D eigenvalue weighted by molar-refractivity contribution is 0.0430. The molecule has 2 aromatic carbocycles. The first-order valence-electron chi connectivity index (χ1n) is 8.31. The minimum absolute atomic E-state index is 0.152. The van der Waals surface area contributed by atoms with Gasteiger partial charge in [0, 0.05) is 12.1 Å². The number of nitrogens with zero attached hydrogens (tertiary/aromatic N) is 2. The van der Waals surface area contributed by atoms with E-state index in [-0.39, 0.29) is 19.0 Å². The molecule has 0 bridgehead atoms. The van der Waals surface area contributed by atoms with E-state index in [1.165, 1.54) is 0 Å². The monoisotopic (exact) mass is 382 g/mol. The summed E-state index contributed by atoms with van der Waals surface area (Å²) in [7, 11) is 1.57. The Labute approximate surface area is 160 Å². The van der Waals surface area contributed by atoms with Gasteiger partial charge in [0.15, 0.2) is 6.61 Å². The maximum absolute atomic E-state index is 12.1. The zero-order valence-corrected chi connectivity index (χ0v) is 15.0. The lowest BCUT2D eigenvalue weighted by Crippen LogP contribution is -2.28. The minimum atomic E-state index is -0.614. The number of esters is 1. The van der Waals surface area contributed by atoms with Crippen LogP contribution in [-0.4, -0.2) is 29.3 Å². The first-order chi connectivity index (χ1) is 13.5. The van der Waals surface area contributed by atoms with Gasteiger partial charge in [-0.3, -0.25) is 0 Å². The molecule has 3 aromatic rings. The van der Waals surface area contributed by atoms with Crippen LogP contribution in [0.2, 0.25) is 0 Å². The highest BCUT2D eigenvalue weighted by Crippen LogP contribution is 2.21. The second-order valence-corrected chi connectivity index (χ2v) is 5.73. The number of aromatic nitrogens is 2. The highest BCUT2D eigenvalue weighted by molar-refractivity contribution is 5.89. The van der Waals surface area contributed by atoms with Crippen molar-refractivity contribution in [3.63, 3.8) is 0 Å². The Morgan fingerprint density at radius 2 is 1.96 bits per heavy atom. The Kier molecular flexibility index (Phi) is 5.85. The number of hydrogen-bond donors (Lipinski definition) is 2. The van der Waals surface area contributed by atoms with Crippen LogP contribution in [0.3, 0.4) is 0 Å². The van der Waals surface area contributed by atoms with Crippen LogP contribution in [0.4, 0.5) is 4.79 Å². The molecule has 0 radical (unpaired) electrons. The smallest absolute Gasteiger partial charge is 0.338 e. The largest absolute Gasteiger partial charge is 0.497 e. The molecule has 0 unspecified atom stereocenters. The maximum atomic E-state index is 12.1. The topological polar surface area (TPSA) is 130 Å². The predicted octanol–water partition coefficient (Wildman–Crippen LogP) is 2.27. The summed E-state index contributed by atoms with van der Waals surface area (Å²) in [4.78, 5) is 27.1. The normalized spacial score (nSPS) is 10.3. The van der Waals surface area contributed by atoms with E-state index in [2.05, 4.69) is 15.5 Å². The molecule has 28 heavy (non-hydrogen) atoms. The van der Waals surface area contributed by atoms with Gasteiger partial charge in [-0.15, -0.1) is 0 Å². The van der Waals surface area contributed by atoms with Gasteiger partial charge < -0.3 is 25.0 Å². The van der Waals surface area contributed by atoms with E-state index in [0.29, 0.717) is 17.1 Å². The molecular weight excluding hydrogens is 364 g/mol. The van der Waals surface area contributed by atoms with Gasteiger partial charge in [0.2, 0.25) is 5.82 Å². The lowest BCUT2D eigenvalue weighted by Gasteiger charge is -2.04. The first kappa shape index (κ1) is 18.9.